The zero-order valence-electron chi connectivity index (χ0n) is 8.62. The first-order valence-electron chi connectivity index (χ1n) is 5.14. The predicted molar refractivity (Wildman–Crippen MR) is 56.7 cm³/mol. The topological polar surface area (TPSA) is 62.0 Å². The number of H-pyrrole nitrogens is 1. The second-order valence-corrected chi connectivity index (χ2v) is 4.11. The third kappa shape index (κ3) is 2.46. The number of aromatic amines is 1. The number of carbonyl (C=O) groups excluding carboxylic acids is 1. The molecule has 2 atom stereocenters. The molecule has 1 saturated carbocycles. The first kappa shape index (κ1) is 9.96. The Hall–Kier alpha value is -1.58. The van der Waals surface area contributed by atoms with Crippen LogP contribution in [0.2, 0.25) is 0 Å². The molecule has 2 rings (SSSR count). The zero-order chi connectivity index (χ0) is 10.8. The van der Waals surface area contributed by atoms with Gasteiger partial charge in [0.15, 0.2) is 0 Å². The van der Waals surface area contributed by atoms with E-state index in [1.807, 2.05) is 0 Å². The molecule has 80 valence electrons. The van der Waals surface area contributed by atoms with Crippen molar-refractivity contribution in [2.75, 3.05) is 6.54 Å². The summed E-state index contributed by atoms with van der Waals surface area (Å²) >= 11 is 0. The van der Waals surface area contributed by atoms with Gasteiger partial charge in [-0.05, 0) is 24.3 Å². The summed E-state index contributed by atoms with van der Waals surface area (Å²) in [6, 6.07) is 4.57. The molecule has 1 aliphatic rings. The predicted octanol–water partition coefficient (Wildman–Crippen LogP) is 0.761. The van der Waals surface area contributed by atoms with Crippen molar-refractivity contribution in [1.82, 2.24) is 10.3 Å². The van der Waals surface area contributed by atoms with Gasteiger partial charge in [0, 0.05) is 12.6 Å². The normalized spacial score (nSPS) is 23.5. The van der Waals surface area contributed by atoms with Gasteiger partial charge < -0.3 is 10.3 Å². The molecule has 2 unspecified atom stereocenters. The van der Waals surface area contributed by atoms with Gasteiger partial charge in [0.05, 0.1) is 0 Å². The Morgan fingerprint density at radius 2 is 2.33 bits per heavy atom. The zero-order valence-corrected chi connectivity index (χ0v) is 8.62. The molecule has 0 spiro atoms. The highest BCUT2D eigenvalue weighted by Gasteiger charge is 2.32. The molecular formula is C11H14N2O2. The summed E-state index contributed by atoms with van der Waals surface area (Å²) in [5.41, 5.74) is 0.0817. The van der Waals surface area contributed by atoms with Gasteiger partial charge in [-0.3, -0.25) is 9.59 Å². The van der Waals surface area contributed by atoms with Gasteiger partial charge in [-0.2, -0.15) is 0 Å². The van der Waals surface area contributed by atoms with Crippen LogP contribution in [0.1, 0.15) is 23.8 Å². The van der Waals surface area contributed by atoms with Crippen LogP contribution in [-0.2, 0) is 0 Å². The molecule has 0 saturated heterocycles. The maximum Gasteiger partial charge on any atom is 0.267 e. The van der Waals surface area contributed by atoms with Crippen LogP contribution in [-0.4, -0.2) is 17.4 Å². The van der Waals surface area contributed by atoms with Crippen molar-refractivity contribution in [3.8, 4) is 0 Å². The molecule has 0 bridgehead atoms. The Labute approximate surface area is 87.7 Å². The van der Waals surface area contributed by atoms with Crippen LogP contribution in [0, 0.1) is 11.8 Å². The van der Waals surface area contributed by atoms with E-state index in [0.717, 1.165) is 5.92 Å². The van der Waals surface area contributed by atoms with Crippen LogP contribution < -0.4 is 10.9 Å². The molecule has 0 aromatic carbocycles. The average molecular weight is 206 g/mol. The van der Waals surface area contributed by atoms with Crippen molar-refractivity contribution in [1.29, 1.82) is 0 Å². The van der Waals surface area contributed by atoms with Gasteiger partial charge in [0.2, 0.25) is 5.56 Å². The van der Waals surface area contributed by atoms with E-state index in [9.17, 15) is 9.59 Å². The molecule has 1 aliphatic carbocycles. The molecule has 0 aliphatic heterocycles. The first-order valence-corrected chi connectivity index (χ1v) is 5.14. The monoisotopic (exact) mass is 206 g/mol. The van der Waals surface area contributed by atoms with Crippen molar-refractivity contribution >= 4 is 5.91 Å². The Morgan fingerprint density at radius 3 is 2.93 bits per heavy atom. The number of hydrogen-bond acceptors (Lipinski definition) is 2. The molecular weight excluding hydrogens is 192 g/mol. The van der Waals surface area contributed by atoms with Gasteiger partial charge >= 0.3 is 0 Å². The largest absolute Gasteiger partial charge is 0.350 e. The Kier molecular flexibility index (Phi) is 2.58. The molecule has 2 N–H and O–H groups in total. The van der Waals surface area contributed by atoms with Crippen molar-refractivity contribution in [3.63, 3.8) is 0 Å². The van der Waals surface area contributed by atoms with Crippen molar-refractivity contribution in [3.05, 3.63) is 34.2 Å². The fraction of sp³-hybridized carbons (Fsp3) is 0.455. The van der Waals surface area contributed by atoms with Crippen molar-refractivity contribution < 1.29 is 4.79 Å². The number of carbonyl (C=O) groups is 1. The summed E-state index contributed by atoms with van der Waals surface area (Å²) in [4.78, 5) is 25.0. The van der Waals surface area contributed by atoms with E-state index >= 15 is 0 Å². The molecule has 4 nitrogen and oxygen atoms in total. The summed E-state index contributed by atoms with van der Waals surface area (Å²) in [6.07, 6.45) is 1.19. The molecule has 15 heavy (non-hydrogen) atoms. The fourth-order valence-corrected chi connectivity index (χ4v) is 1.58. The minimum absolute atomic E-state index is 0.202. The number of hydrogen-bond donors (Lipinski definition) is 2. The summed E-state index contributed by atoms with van der Waals surface area (Å²) in [5.74, 6) is 1.14. The molecule has 1 amide bonds. The van der Waals surface area contributed by atoms with Crippen LogP contribution >= 0.6 is 0 Å². The highest BCUT2D eigenvalue weighted by molar-refractivity contribution is 5.92. The van der Waals surface area contributed by atoms with Gasteiger partial charge in [-0.25, -0.2) is 0 Å². The summed E-state index contributed by atoms with van der Waals surface area (Å²) in [6.45, 7) is 2.87. The fourth-order valence-electron chi connectivity index (χ4n) is 1.58. The Balaban J connectivity index is 1.93. The molecule has 1 aromatic heterocycles. The van der Waals surface area contributed by atoms with E-state index in [2.05, 4.69) is 17.2 Å². The first-order chi connectivity index (χ1) is 7.16. The highest BCUT2D eigenvalue weighted by Crippen LogP contribution is 2.36. The lowest BCUT2D eigenvalue weighted by molar-refractivity contribution is 0.0946. The van der Waals surface area contributed by atoms with Crippen molar-refractivity contribution in [2.45, 2.75) is 13.3 Å². The third-order valence-corrected chi connectivity index (χ3v) is 2.81. The maximum absolute atomic E-state index is 11.6. The number of rotatable bonds is 3. The summed E-state index contributed by atoms with van der Waals surface area (Å²) < 4.78 is 0. The van der Waals surface area contributed by atoms with E-state index in [-0.39, 0.29) is 11.5 Å². The molecule has 1 fully saturated rings. The van der Waals surface area contributed by atoms with Gasteiger partial charge in [0.1, 0.15) is 5.69 Å². The quantitative estimate of drug-likeness (QED) is 0.767. The Morgan fingerprint density at radius 1 is 1.60 bits per heavy atom. The highest BCUT2D eigenvalue weighted by atomic mass is 16.2. The lowest BCUT2D eigenvalue weighted by Crippen LogP contribution is -2.28. The van der Waals surface area contributed by atoms with E-state index < -0.39 is 0 Å². The van der Waals surface area contributed by atoms with Crippen LogP contribution in [0.3, 0.4) is 0 Å². The van der Waals surface area contributed by atoms with Crippen LogP contribution in [0.15, 0.2) is 23.0 Å². The van der Waals surface area contributed by atoms with Crippen LogP contribution in [0.5, 0.6) is 0 Å². The number of pyridine rings is 1. The van der Waals surface area contributed by atoms with Gasteiger partial charge in [0.25, 0.3) is 5.91 Å². The lowest BCUT2D eigenvalue weighted by Gasteiger charge is -2.03. The summed E-state index contributed by atoms with van der Waals surface area (Å²) in [5, 5.41) is 2.81. The number of aromatic nitrogens is 1. The van der Waals surface area contributed by atoms with Crippen LogP contribution in [0.25, 0.3) is 0 Å². The van der Waals surface area contributed by atoms with E-state index in [0.29, 0.717) is 18.2 Å². The van der Waals surface area contributed by atoms with Gasteiger partial charge in [-0.1, -0.05) is 13.0 Å². The molecule has 1 heterocycles. The van der Waals surface area contributed by atoms with Crippen molar-refractivity contribution in [2.24, 2.45) is 11.8 Å². The van der Waals surface area contributed by atoms with E-state index in [1.165, 1.54) is 12.5 Å². The lowest BCUT2D eigenvalue weighted by atomic mass is 10.3. The second-order valence-electron chi connectivity index (χ2n) is 4.11. The smallest absolute Gasteiger partial charge is 0.267 e. The maximum atomic E-state index is 11.6. The minimum atomic E-state index is -0.248. The SMILES string of the molecule is CC1CC1CNC(=O)c1cccc(=O)[nH]1. The van der Waals surface area contributed by atoms with E-state index in [4.69, 9.17) is 0 Å². The average Bonchev–Trinajstić information content (AvgIpc) is 2.91. The number of nitrogens with one attached hydrogen (secondary N) is 2. The Bertz CT molecular complexity index is 425. The second kappa shape index (κ2) is 3.88. The van der Waals surface area contributed by atoms with Crippen LogP contribution in [0.4, 0.5) is 0 Å². The number of amides is 1. The third-order valence-electron chi connectivity index (χ3n) is 2.81. The minimum Gasteiger partial charge on any atom is -0.350 e. The van der Waals surface area contributed by atoms with Gasteiger partial charge in [-0.15, -0.1) is 0 Å². The molecule has 1 aromatic rings. The van der Waals surface area contributed by atoms with E-state index in [1.54, 1.807) is 12.1 Å². The molecule has 0 radical (unpaired) electrons. The standard InChI is InChI=1S/C11H14N2O2/c1-7-5-8(7)6-12-11(15)9-3-2-4-10(14)13-9/h2-4,7-8H,5-6H2,1H3,(H,12,15)(H,13,14). The summed E-state index contributed by atoms with van der Waals surface area (Å²) in [7, 11) is 0. The molecule has 4 heteroatoms.